The standard InChI is InChI=1S/C19H26N2O2/c1-7-22-19(13-20)15-11-9-8-10-14(15)16(23-19)21-18(5,6)12-17(2,3)4/h8-11H,7,12H2,1-6H3/t19-/m1/s1. The summed E-state index contributed by atoms with van der Waals surface area (Å²) in [5.74, 6) is -0.896. The van der Waals surface area contributed by atoms with Gasteiger partial charge in [-0.3, -0.25) is 0 Å². The van der Waals surface area contributed by atoms with Gasteiger partial charge in [-0.1, -0.05) is 39.0 Å². The number of hydrogen-bond acceptors (Lipinski definition) is 4. The molecule has 0 bridgehead atoms. The molecule has 0 saturated heterocycles. The van der Waals surface area contributed by atoms with Gasteiger partial charge in [-0.2, -0.15) is 5.26 Å². The number of rotatable bonds is 4. The third-order valence-electron chi connectivity index (χ3n) is 3.61. The predicted molar refractivity (Wildman–Crippen MR) is 91.1 cm³/mol. The predicted octanol–water partition coefficient (Wildman–Crippen LogP) is 4.39. The molecule has 0 saturated carbocycles. The van der Waals surface area contributed by atoms with Gasteiger partial charge >= 0.3 is 5.79 Å². The van der Waals surface area contributed by atoms with Crippen LogP contribution < -0.4 is 0 Å². The summed E-state index contributed by atoms with van der Waals surface area (Å²) >= 11 is 0. The minimum absolute atomic E-state index is 0.151. The maximum atomic E-state index is 9.64. The molecule has 4 heteroatoms. The van der Waals surface area contributed by atoms with Gasteiger partial charge in [-0.05, 0) is 38.7 Å². The summed E-state index contributed by atoms with van der Waals surface area (Å²) in [6, 6.07) is 9.78. The molecule has 1 aliphatic rings. The lowest BCUT2D eigenvalue weighted by Crippen LogP contribution is -2.30. The summed E-state index contributed by atoms with van der Waals surface area (Å²) in [7, 11) is 0. The molecule has 0 N–H and O–H groups in total. The normalized spacial score (nSPS) is 22.6. The molecule has 0 aromatic heterocycles. The van der Waals surface area contributed by atoms with Crippen LogP contribution in [0.5, 0.6) is 0 Å². The Bertz CT molecular complexity index is 650. The second-order valence-corrected chi connectivity index (χ2v) is 7.78. The summed E-state index contributed by atoms with van der Waals surface area (Å²) < 4.78 is 11.6. The lowest BCUT2D eigenvalue weighted by molar-refractivity contribution is -0.145. The van der Waals surface area contributed by atoms with Crippen LogP contribution in [0.25, 0.3) is 0 Å². The van der Waals surface area contributed by atoms with Gasteiger partial charge in [0.2, 0.25) is 5.90 Å². The summed E-state index contributed by atoms with van der Waals surface area (Å²) in [4.78, 5) is 4.82. The fourth-order valence-electron chi connectivity index (χ4n) is 3.32. The second-order valence-electron chi connectivity index (χ2n) is 7.78. The first-order valence-electron chi connectivity index (χ1n) is 8.06. The highest BCUT2D eigenvalue weighted by atomic mass is 16.7. The van der Waals surface area contributed by atoms with Crippen LogP contribution in [-0.2, 0) is 15.3 Å². The number of fused-ring (bicyclic) bond motifs is 1. The van der Waals surface area contributed by atoms with Crippen molar-refractivity contribution in [2.24, 2.45) is 10.4 Å². The molecule has 0 fully saturated rings. The average Bonchev–Trinajstić information content (AvgIpc) is 2.71. The monoisotopic (exact) mass is 314 g/mol. The summed E-state index contributed by atoms with van der Waals surface area (Å²) in [5.41, 5.74) is 1.43. The fraction of sp³-hybridized carbons (Fsp3) is 0.579. The van der Waals surface area contributed by atoms with E-state index >= 15 is 0 Å². The first-order chi connectivity index (χ1) is 10.6. The Morgan fingerprint density at radius 2 is 1.87 bits per heavy atom. The third kappa shape index (κ3) is 3.73. The van der Waals surface area contributed by atoms with Crippen LogP contribution in [0.15, 0.2) is 29.3 Å². The molecule has 1 atom stereocenters. The lowest BCUT2D eigenvalue weighted by atomic mass is 9.82. The molecule has 2 rings (SSSR count). The highest BCUT2D eigenvalue weighted by Crippen LogP contribution is 2.39. The molecule has 1 heterocycles. The first kappa shape index (κ1) is 17.5. The van der Waals surface area contributed by atoms with Gasteiger partial charge < -0.3 is 9.47 Å². The molecule has 0 aliphatic carbocycles. The molecule has 0 amide bonds. The van der Waals surface area contributed by atoms with Crippen LogP contribution in [0.4, 0.5) is 0 Å². The van der Waals surface area contributed by atoms with Crippen LogP contribution in [0.1, 0.15) is 59.1 Å². The zero-order valence-corrected chi connectivity index (χ0v) is 14.9. The van der Waals surface area contributed by atoms with E-state index in [1.807, 2.05) is 31.2 Å². The number of hydrogen-bond donors (Lipinski definition) is 0. The minimum atomic E-state index is -1.39. The summed E-state index contributed by atoms with van der Waals surface area (Å²) in [6.45, 7) is 13.0. The molecule has 23 heavy (non-hydrogen) atoms. The lowest BCUT2D eigenvalue weighted by Gasteiger charge is -2.29. The van der Waals surface area contributed by atoms with E-state index in [1.165, 1.54) is 0 Å². The Hall–Kier alpha value is -1.86. The van der Waals surface area contributed by atoms with E-state index < -0.39 is 5.79 Å². The smallest absolute Gasteiger partial charge is 0.330 e. The maximum Gasteiger partial charge on any atom is 0.330 e. The number of nitriles is 1. The Balaban J connectivity index is 2.47. The van der Waals surface area contributed by atoms with Crippen molar-refractivity contribution < 1.29 is 9.47 Å². The van der Waals surface area contributed by atoms with Crippen molar-refractivity contribution in [3.8, 4) is 6.07 Å². The zero-order valence-electron chi connectivity index (χ0n) is 14.9. The molecule has 4 nitrogen and oxygen atoms in total. The van der Waals surface area contributed by atoms with Gasteiger partial charge in [0.1, 0.15) is 6.07 Å². The van der Waals surface area contributed by atoms with E-state index in [0.717, 1.165) is 17.5 Å². The molecule has 0 radical (unpaired) electrons. The van der Waals surface area contributed by atoms with Crippen molar-refractivity contribution in [1.82, 2.24) is 0 Å². The van der Waals surface area contributed by atoms with Gasteiger partial charge in [0, 0.05) is 12.2 Å². The zero-order chi connectivity index (χ0) is 17.3. The molecule has 1 aromatic rings. The highest BCUT2D eigenvalue weighted by Gasteiger charge is 2.46. The molecular weight excluding hydrogens is 288 g/mol. The van der Waals surface area contributed by atoms with E-state index in [2.05, 4.69) is 40.7 Å². The van der Waals surface area contributed by atoms with Crippen LogP contribution in [-0.4, -0.2) is 18.0 Å². The van der Waals surface area contributed by atoms with Crippen molar-refractivity contribution in [1.29, 1.82) is 5.26 Å². The van der Waals surface area contributed by atoms with E-state index in [0.29, 0.717) is 12.5 Å². The quantitative estimate of drug-likeness (QED) is 0.828. The van der Waals surface area contributed by atoms with E-state index in [4.69, 9.17) is 14.5 Å². The van der Waals surface area contributed by atoms with Crippen LogP contribution in [0.3, 0.4) is 0 Å². The molecule has 1 aliphatic heterocycles. The Kier molecular flexibility index (Phi) is 4.54. The minimum Gasteiger partial charge on any atom is -0.427 e. The largest absolute Gasteiger partial charge is 0.427 e. The van der Waals surface area contributed by atoms with Gasteiger partial charge in [-0.15, -0.1) is 0 Å². The van der Waals surface area contributed by atoms with E-state index in [-0.39, 0.29) is 11.0 Å². The van der Waals surface area contributed by atoms with Gasteiger partial charge in [0.25, 0.3) is 0 Å². The molecule has 0 spiro atoms. The van der Waals surface area contributed by atoms with Crippen molar-refractivity contribution in [2.75, 3.05) is 6.61 Å². The highest BCUT2D eigenvalue weighted by molar-refractivity contribution is 5.99. The molecule has 1 aromatic carbocycles. The summed E-state index contributed by atoms with van der Waals surface area (Å²) in [5, 5.41) is 9.64. The van der Waals surface area contributed by atoms with Crippen molar-refractivity contribution in [3.63, 3.8) is 0 Å². The van der Waals surface area contributed by atoms with Gasteiger partial charge in [-0.25, -0.2) is 4.99 Å². The third-order valence-corrected chi connectivity index (χ3v) is 3.61. The Morgan fingerprint density at radius 3 is 2.43 bits per heavy atom. The number of aliphatic imine (C=N–C) groups is 1. The van der Waals surface area contributed by atoms with Crippen LogP contribution in [0, 0.1) is 16.7 Å². The van der Waals surface area contributed by atoms with Gasteiger partial charge in [0.05, 0.1) is 11.1 Å². The van der Waals surface area contributed by atoms with E-state index in [1.54, 1.807) is 0 Å². The van der Waals surface area contributed by atoms with Crippen molar-refractivity contribution >= 4 is 5.90 Å². The van der Waals surface area contributed by atoms with Crippen molar-refractivity contribution in [2.45, 2.75) is 59.3 Å². The SMILES string of the molecule is CCO[C@]1(C#N)OC(=NC(C)(C)CC(C)(C)C)c2ccccc21. The number of nitrogens with zero attached hydrogens (tertiary/aromatic N) is 2. The van der Waals surface area contributed by atoms with E-state index in [9.17, 15) is 5.26 Å². The number of benzene rings is 1. The fourth-order valence-corrected chi connectivity index (χ4v) is 3.32. The summed E-state index contributed by atoms with van der Waals surface area (Å²) in [6.07, 6.45) is 0.906. The Labute approximate surface area is 139 Å². The average molecular weight is 314 g/mol. The Morgan fingerprint density at radius 1 is 1.22 bits per heavy atom. The molecule has 0 unspecified atom stereocenters. The molecule has 124 valence electrons. The topological polar surface area (TPSA) is 54.6 Å². The molecular formula is C19H26N2O2. The maximum absolute atomic E-state index is 9.64. The number of ether oxygens (including phenoxy) is 2. The van der Waals surface area contributed by atoms with Crippen LogP contribution in [0.2, 0.25) is 0 Å². The first-order valence-corrected chi connectivity index (χ1v) is 8.06. The van der Waals surface area contributed by atoms with Crippen LogP contribution >= 0.6 is 0 Å². The second kappa shape index (κ2) is 5.98. The van der Waals surface area contributed by atoms with Crippen molar-refractivity contribution in [3.05, 3.63) is 35.4 Å². The van der Waals surface area contributed by atoms with Gasteiger partial charge in [0.15, 0.2) is 0 Å².